The molecule has 150 valence electrons. The van der Waals surface area contributed by atoms with Gasteiger partial charge in [-0.15, -0.1) is 0 Å². The van der Waals surface area contributed by atoms with Crippen LogP contribution in [0.15, 0.2) is 40.9 Å². The van der Waals surface area contributed by atoms with Crippen LogP contribution in [0.5, 0.6) is 5.75 Å². The number of hydrogen-bond donors (Lipinski definition) is 0. The van der Waals surface area contributed by atoms with Crippen LogP contribution in [0.4, 0.5) is 0 Å². The summed E-state index contributed by atoms with van der Waals surface area (Å²) < 4.78 is 17.9. The van der Waals surface area contributed by atoms with Crippen molar-refractivity contribution in [3.8, 4) is 17.1 Å². The molecule has 0 amide bonds. The molecule has 0 bridgehead atoms. The van der Waals surface area contributed by atoms with Crippen molar-refractivity contribution in [1.29, 1.82) is 0 Å². The largest absolute Gasteiger partial charge is 0.497 e. The number of carbonyl (C=O) groups excluding carboxylic acids is 1. The first kappa shape index (κ1) is 19.0. The van der Waals surface area contributed by atoms with Crippen molar-refractivity contribution in [3.05, 3.63) is 59.2 Å². The molecule has 0 atom stereocenters. The fraction of sp³-hybridized carbons (Fsp3) is 0.318. The number of rotatable bonds is 7. The van der Waals surface area contributed by atoms with Crippen molar-refractivity contribution in [2.45, 2.75) is 39.3 Å². The summed E-state index contributed by atoms with van der Waals surface area (Å²) in [6.45, 7) is 4.09. The second-order valence-corrected chi connectivity index (χ2v) is 7.11. The second kappa shape index (κ2) is 7.95. The van der Waals surface area contributed by atoms with E-state index in [0.717, 1.165) is 11.1 Å². The Labute approximate surface area is 168 Å². The number of aryl methyl sites for hydroxylation is 1. The highest BCUT2D eigenvalue weighted by Gasteiger charge is 2.26. The van der Waals surface area contributed by atoms with Gasteiger partial charge in [0.2, 0.25) is 5.82 Å². The van der Waals surface area contributed by atoms with E-state index in [9.17, 15) is 4.79 Å². The molecule has 0 N–H and O–H groups in total. The summed E-state index contributed by atoms with van der Waals surface area (Å²) in [6, 6.07) is 10.0. The average Bonchev–Trinajstić information content (AvgIpc) is 3.36. The van der Waals surface area contributed by atoms with Crippen molar-refractivity contribution in [3.63, 3.8) is 0 Å². The van der Waals surface area contributed by atoms with E-state index in [0.29, 0.717) is 17.6 Å². The molecular weight excluding hydrogens is 370 g/mol. The van der Waals surface area contributed by atoms with Crippen LogP contribution in [0.2, 0.25) is 0 Å². The minimum atomic E-state index is -0.456. The molecule has 1 fully saturated rings. The molecule has 1 saturated carbocycles. The van der Waals surface area contributed by atoms with Gasteiger partial charge in [0.05, 0.1) is 7.11 Å². The van der Waals surface area contributed by atoms with Gasteiger partial charge in [0.25, 0.3) is 5.89 Å². The van der Waals surface area contributed by atoms with E-state index in [1.54, 1.807) is 13.2 Å². The van der Waals surface area contributed by atoms with Crippen LogP contribution >= 0.6 is 0 Å². The van der Waals surface area contributed by atoms with Gasteiger partial charge >= 0.3 is 5.97 Å². The van der Waals surface area contributed by atoms with Gasteiger partial charge in [-0.2, -0.15) is 4.98 Å². The number of carbonyl (C=O) groups is 1. The zero-order valence-electron chi connectivity index (χ0n) is 16.7. The molecule has 1 aromatic carbocycles. The van der Waals surface area contributed by atoms with Gasteiger partial charge in [-0.05, 0) is 56.5 Å². The Balaban J connectivity index is 1.36. The quantitative estimate of drug-likeness (QED) is 0.441. The van der Waals surface area contributed by atoms with Crippen molar-refractivity contribution in [2.75, 3.05) is 7.11 Å². The average molecular weight is 393 g/mol. The number of nitrogens with zero attached hydrogens (tertiary/aromatic N) is 3. The topological polar surface area (TPSA) is 79.4 Å². The standard InChI is InChI=1S/C22H23N3O4/c1-14-11-16(15(2)25(14)18-8-9-18)7-10-21(26)28-13-20-23-22(24-29-20)17-5-4-6-19(12-17)27-3/h4-7,10-12,18H,8-9,13H2,1-3H3/b10-7+. The number of aromatic nitrogens is 3. The minimum absolute atomic E-state index is 0.0821. The third kappa shape index (κ3) is 4.23. The van der Waals surface area contributed by atoms with E-state index in [4.69, 9.17) is 14.0 Å². The van der Waals surface area contributed by atoms with Gasteiger partial charge in [-0.3, -0.25) is 0 Å². The molecule has 0 saturated heterocycles. The molecule has 0 unspecified atom stereocenters. The van der Waals surface area contributed by atoms with E-state index in [-0.39, 0.29) is 12.5 Å². The van der Waals surface area contributed by atoms with Crippen molar-refractivity contribution in [2.24, 2.45) is 0 Å². The predicted molar refractivity (Wildman–Crippen MR) is 107 cm³/mol. The van der Waals surface area contributed by atoms with Gasteiger partial charge in [-0.25, -0.2) is 4.79 Å². The first-order valence-corrected chi connectivity index (χ1v) is 9.55. The number of methoxy groups -OCH3 is 1. The Hall–Kier alpha value is -3.35. The highest BCUT2D eigenvalue weighted by atomic mass is 16.6. The lowest BCUT2D eigenvalue weighted by atomic mass is 10.2. The zero-order chi connectivity index (χ0) is 20.4. The molecule has 2 heterocycles. The zero-order valence-corrected chi connectivity index (χ0v) is 16.7. The summed E-state index contributed by atoms with van der Waals surface area (Å²) in [4.78, 5) is 16.3. The number of hydrogen-bond acceptors (Lipinski definition) is 6. The molecule has 0 spiro atoms. The lowest BCUT2D eigenvalue weighted by Gasteiger charge is -2.06. The number of ether oxygens (including phenoxy) is 2. The molecule has 29 heavy (non-hydrogen) atoms. The third-order valence-electron chi connectivity index (χ3n) is 4.97. The normalized spacial score (nSPS) is 13.8. The Morgan fingerprint density at radius 1 is 1.31 bits per heavy atom. The minimum Gasteiger partial charge on any atom is -0.497 e. The summed E-state index contributed by atoms with van der Waals surface area (Å²) in [5.74, 6) is 0.892. The van der Waals surface area contributed by atoms with E-state index < -0.39 is 5.97 Å². The first-order valence-electron chi connectivity index (χ1n) is 9.55. The Morgan fingerprint density at radius 3 is 2.90 bits per heavy atom. The predicted octanol–water partition coefficient (Wildman–Crippen LogP) is 4.26. The Kier molecular flexibility index (Phi) is 5.20. The fourth-order valence-corrected chi connectivity index (χ4v) is 3.40. The van der Waals surface area contributed by atoms with Crippen LogP contribution in [-0.4, -0.2) is 27.8 Å². The van der Waals surface area contributed by atoms with Crippen LogP contribution in [0.3, 0.4) is 0 Å². The lowest BCUT2D eigenvalue weighted by Crippen LogP contribution is -2.01. The Bertz CT molecular complexity index is 1060. The second-order valence-electron chi connectivity index (χ2n) is 7.11. The lowest BCUT2D eigenvalue weighted by molar-refractivity contribution is -0.139. The van der Waals surface area contributed by atoms with E-state index in [1.165, 1.54) is 30.3 Å². The molecule has 1 aliphatic rings. The summed E-state index contributed by atoms with van der Waals surface area (Å²) in [5.41, 5.74) is 4.18. The van der Waals surface area contributed by atoms with E-state index in [1.807, 2.05) is 24.3 Å². The maximum Gasteiger partial charge on any atom is 0.331 e. The van der Waals surface area contributed by atoms with E-state index >= 15 is 0 Å². The molecular formula is C22H23N3O4. The smallest absolute Gasteiger partial charge is 0.331 e. The Morgan fingerprint density at radius 2 is 2.14 bits per heavy atom. The molecule has 3 aromatic rings. The summed E-state index contributed by atoms with van der Waals surface area (Å²) in [6.07, 6.45) is 5.67. The summed E-state index contributed by atoms with van der Waals surface area (Å²) >= 11 is 0. The maximum absolute atomic E-state index is 12.1. The monoisotopic (exact) mass is 393 g/mol. The first-order chi connectivity index (χ1) is 14.0. The molecule has 4 rings (SSSR count). The maximum atomic E-state index is 12.1. The van der Waals surface area contributed by atoms with Crippen molar-refractivity contribution < 1.29 is 18.8 Å². The van der Waals surface area contributed by atoms with Crippen LogP contribution in [0.1, 0.15) is 41.7 Å². The SMILES string of the molecule is COc1cccc(-c2noc(COC(=O)/C=C/c3cc(C)n(C4CC4)c3C)n2)c1. The van der Waals surface area contributed by atoms with Gasteiger partial charge in [-0.1, -0.05) is 17.3 Å². The molecule has 2 aromatic heterocycles. The number of esters is 1. The van der Waals surface area contributed by atoms with Crippen molar-refractivity contribution in [1.82, 2.24) is 14.7 Å². The van der Waals surface area contributed by atoms with Gasteiger partial charge in [0.1, 0.15) is 5.75 Å². The van der Waals surface area contributed by atoms with Gasteiger partial charge in [0.15, 0.2) is 6.61 Å². The highest BCUT2D eigenvalue weighted by Crippen LogP contribution is 2.38. The molecule has 0 aliphatic heterocycles. The fourth-order valence-electron chi connectivity index (χ4n) is 3.40. The van der Waals surface area contributed by atoms with Crippen LogP contribution < -0.4 is 4.74 Å². The van der Waals surface area contributed by atoms with Crippen LogP contribution in [0.25, 0.3) is 17.5 Å². The van der Waals surface area contributed by atoms with Gasteiger partial charge in [0, 0.05) is 29.1 Å². The molecule has 7 heteroatoms. The van der Waals surface area contributed by atoms with Crippen LogP contribution in [0, 0.1) is 13.8 Å². The summed E-state index contributed by atoms with van der Waals surface area (Å²) in [5, 5.41) is 3.93. The molecule has 0 radical (unpaired) electrons. The number of benzene rings is 1. The summed E-state index contributed by atoms with van der Waals surface area (Å²) in [7, 11) is 1.59. The third-order valence-corrected chi connectivity index (χ3v) is 4.97. The van der Waals surface area contributed by atoms with E-state index in [2.05, 4.69) is 34.6 Å². The van der Waals surface area contributed by atoms with Gasteiger partial charge < -0.3 is 18.6 Å². The van der Waals surface area contributed by atoms with Crippen LogP contribution in [-0.2, 0) is 16.1 Å². The molecule has 7 nitrogen and oxygen atoms in total. The molecule has 1 aliphatic carbocycles. The van der Waals surface area contributed by atoms with Crippen molar-refractivity contribution >= 4 is 12.0 Å². The highest BCUT2D eigenvalue weighted by molar-refractivity contribution is 5.87.